The molecular formula is C24H19FN4O4. The first-order valence-corrected chi connectivity index (χ1v) is 9.85. The van der Waals surface area contributed by atoms with Gasteiger partial charge in [-0.3, -0.25) is 4.90 Å². The van der Waals surface area contributed by atoms with Gasteiger partial charge in [0.25, 0.3) is 0 Å². The van der Waals surface area contributed by atoms with Gasteiger partial charge in [0.05, 0.1) is 48.6 Å². The number of hydrogen-bond acceptors (Lipinski definition) is 7. The molecule has 1 aromatic heterocycles. The van der Waals surface area contributed by atoms with Gasteiger partial charge < -0.3 is 20.2 Å². The summed E-state index contributed by atoms with van der Waals surface area (Å²) in [5.74, 6) is -3.27. The average Bonchev–Trinajstić information content (AvgIpc) is 3.34. The topological polar surface area (TPSA) is 121 Å². The molecule has 3 aromatic rings. The number of methoxy groups -OCH3 is 2. The molecule has 0 saturated carbocycles. The second kappa shape index (κ2) is 8.51. The van der Waals surface area contributed by atoms with E-state index in [1.807, 2.05) is 0 Å². The molecule has 0 amide bonds. The summed E-state index contributed by atoms with van der Waals surface area (Å²) in [4.78, 5) is 30.3. The molecule has 1 aliphatic rings. The minimum absolute atomic E-state index is 0.0262. The van der Waals surface area contributed by atoms with Gasteiger partial charge in [0.1, 0.15) is 17.3 Å². The zero-order chi connectivity index (χ0) is 23.7. The van der Waals surface area contributed by atoms with E-state index in [9.17, 15) is 19.2 Å². The van der Waals surface area contributed by atoms with Gasteiger partial charge in [-0.15, -0.1) is 0 Å². The second-order valence-electron chi connectivity index (χ2n) is 7.17. The Kier molecular flexibility index (Phi) is 5.58. The molecule has 0 saturated heterocycles. The fourth-order valence-corrected chi connectivity index (χ4v) is 4.06. The summed E-state index contributed by atoms with van der Waals surface area (Å²) in [5.41, 5.74) is 7.28. The number of nitrogens with two attached hydrogens (primary N) is 1. The molecular weight excluding hydrogens is 427 g/mol. The van der Waals surface area contributed by atoms with Crippen molar-refractivity contribution in [1.82, 2.24) is 4.98 Å². The molecule has 1 unspecified atom stereocenters. The van der Waals surface area contributed by atoms with E-state index in [0.29, 0.717) is 11.1 Å². The third-order valence-electron chi connectivity index (χ3n) is 5.50. The van der Waals surface area contributed by atoms with E-state index in [0.717, 1.165) is 7.11 Å². The van der Waals surface area contributed by atoms with Crippen LogP contribution >= 0.6 is 0 Å². The fourth-order valence-electron chi connectivity index (χ4n) is 4.06. The van der Waals surface area contributed by atoms with Crippen LogP contribution < -0.4 is 10.6 Å². The summed E-state index contributed by atoms with van der Waals surface area (Å²) in [5, 5.41) is 10.3. The molecule has 0 spiro atoms. The normalized spacial score (nSPS) is 16.1. The van der Waals surface area contributed by atoms with E-state index in [1.54, 1.807) is 30.3 Å². The summed E-state index contributed by atoms with van der Waals surface area (Å²) in [7, 11) is 2.33. The van der Waals surface area contributed by atoms with E-state index in [1.165, 1.54) is 36.4 Å². The van der Waals surface area contributed by atoms with E-state index < -0.39 is 23.7 Å². The highest BCUT2D eigenvalue weighted by molar-refractivity contribution is 6.08. The van der Waals surface area contributed by atoms with Crippen LogP contribution in [0.5, 0.6) is 0 Å². The molecule has 0 radical (unpaired) electrons. The van der Waals surface area contributed by atoms with Gasteiger partial charge in [-0.1, -0.05) is 30.3 Å². The molecule has 2 aromatic carbocycles. The molecule has 33 heavy (non-hydrogen) atoms. The Morgan fingerprint density at radius 1 is 1.09 bits per heavy atom. The molecule has 1 aliphatic heterocycles. The number of benzene rings is 2. The van der Waals surface area contributed by atoms with Crippen LogP contribution in [0.3, 0.4) is 0 Å². The zero-order valence-electron chi connectivity index (χ0n) is 17.8. The number of halogens is 1. The van der Waals surface area contributed by atoms with Crippen LogP contribution in [0.15, 0.2) is 77.4 Å². The number of esters is 2. The van der Waals surface area contributed by atoms with Crippen molar-refractivity contribution in [3.63, 3.8) is 0 Å². The Balaban J connectivity index is 2.12. The van der Waals surface area contributed by atoms with E-state index in [4.69, 9.17) is 15.2 Å². The third kappa shape index (κ3) is 3.38. The highest BCUT2D eigenvalue weighted by Gasteiger charge is 2.43. The van der Waals surface area contributed by atoms with Crippen molar-refractivity contribution in [3.05, 3.63) is 88.8 Å². The Morgan fingerprint density at radius 3 is 2.42 bits per heavy atom. The van der Waals surface area contributed by atoms with Crippen LogP contribution in [0, 0.1) is 17.1 Å². The highest BCUT2D eigenvalue weighted by atomic mass is 19.1. The number of allylic oxidation sites excluding steroid dienone is 1. The van der Waals surface area contributed by atoms with Crippen molar-refractivity contribution in [1.29, 1.82) is 5.26 Å². The maximum absolute atomic E-state index is 14.4. The number of aromatic nitrogens is 1. The number of carbonyl (C=O) groups excluding carboxylic acids is 2. The maximum Gasteiger partial charge on any atom is 0.355 e. The summed E-state index contributed by atoms with van der Waals surface area (Å²) in [6.45, 7) is 0. The van der Waals surface area contributed by atoms with Crippen LogP contribution in [-0.4, -0.2) is 31.1 Å². The average molecular weight is 446 g/mol. The number of ether oxygens (including phenoxy) is 2. The number of hydrogen-bond donors (Lipinski definition) is 2. The van der Waals surface area contributed by atoms with E-state index >= 15 is 0 Å². The number of fused-ring (bicyclic) bond motifs is 1. The Bertz CT molecular complexity index is 1370. The number of H-pyrrole nitrogens is 1. The summed E-state index contributed by atoms with van der Waals surface area (Å²) in [6.07, 6.45) is 1.53. The highest BCUT2D eigenvalue weighted by Crippen LogP contribution is 2.44. The first-order chi connectivity index (χ1) is 15.9. The standard InChI is InChI=1S/C24H19FN4O4/c1-32-23(30)19-18(13-6-4-3-5-7-13)15(12-26)22(27)29(21(19)24(31)33-2)17-9-8-16(25)14-10-11-28-20(14)17/h3-11,18,28H,27H2,1-2H3. The van der Waals surface area contributed by atoms with Crippen molar-refractivity contribution >= 4 is 28.5 Å². The van der Waals surface area contributed by atoms with Gasteiger partial charge in [0.2, 0.25) is 0 Å². The Morgan fingerprint density at radius 2 is 1.79 bits per heavy atom. The molecule has 0 bridgehead atoms. The lowest BCUT2D eigenvalue weighted by molar-refractivity contribution is -0.139. The number of aromatic amines is 1. The number of nitriles is 1. The summed E-state index contributed by atoms with van der Waals surface area (Å²) >= 11 is 0. The number of rotatable bonds is 4. The number of carbonyl (C=O) groups is 2. The van der Waals surface area contributed by atoms with Crippen LogP contribution in [0.2, 0.25) is 0 Å². The SMILES string of the molecule is COC(=O)C1=C(C(=O)OC)N(c2ccc(F)c3cc[nH]c23)C(N)=C(C#N)C1c1ccccc1. The molecule has 166 valence electrons. The monoisotopic (exact) mass is 446 g/mol. The smallest absolute Gasteiger partial charge is 0.355 e. The van der Waals surface area contributed by atoms with Crippen molar-refractivity contribution in [2.24, 2.45) is 5.73 Å². The van der Waals surface area contributed by atoms with Crippen LogP contribution in [0.1, 0.15) is 11.5 Å². The molecule has 0 aliphatic carbocycles. The second-order valence-corrected chi connectivity index (χ2v) is 7.17. The molecule has 3 N–H and O–H groups in total. The number of anilines is 1. The quantitative estimate of drug-likeness (QED) is 0.590. The first-order valence-electron chi connectivity index (χ1n) is 9.85. The van der Waals surface area contributed by atoms with Gasteiger partial charge in [0, 0.05) is 11.6 Å². The van der Waals surface area contributed by atoms with Crippen molar-refractivity contribution in [2.45, 2.75) is 5.92 Å². The molecule has 9 heteroatoms. The van der Waals surface area contributed by atoms with Crippen molar-refractivity contribution < 1.29 is 23.5 Å². The molecule has 4 rings (SSSR count). The molecule has 8 nitrogen and oxygen atoms in total. The zero-order valence-corrected chi connectivity index (χ0v) is 17.8. The Labute approximate surface area is 188 Å². The van der Waals surface area contributed by atoms with E-state index in [-0.39, 0.29) is 33.7 Å². The van der Waals surface area contributed by atoms with Gasteiger partial charge in [-0.25, -0.2) is 14.0 Å². The predicted molar refractivity (Wildman–Crippen MR) is 118 cm³/mol. The maximum atomic E-state index is 14.4. The molecule has 0 fully saturated rings. The number of nitrogens with zero attached hydrogens (tertiary/aromatic N) is 2. The minimum Gasteiger partial charge on any atom is -0.466 e. The molecule has 2 heterocycles. The first kappa shape index (κ1) is 21.6. The van der Waals surface area contributed by atoms with Gasteiger partial charge >= 0.3 is 11.9 Å². The Hall–Kier alpha value is -4.58. The lowest BCUT2D eigenvalue weighted by atomic mass is 9.81. The van der Waals surface area contributed by atoms with E-state index in [2.05, 4.69) is 11.1 Å². The van der Waals surface area contributed by atoms with Crippen LogP contribution in [0.4, 0.5) is 10.1 Å². The van der Waals surface area contributed by atoms with Crippen molar-refractivity contribution in [3.8, 4) is 6.07 Å². The third-order valence-corrected chi connectivity index (χ3v) is 5.50. The lowest BCUT2D eigenvalue weighted by Crippen LogP contribution is -2.40. The van der Waals surface area contributed by atoms with Crippen LogP contribution in [0.25, 0.3) is 10.9 Å². The summed E-state index contributed by atoms with van der Waals surface area (Å²) < 4.78 is 24.4. The fraction of sp³-hybridized carbons (Fsp3) is 0.125. The minimum atomic E-state index is -0.978. The van der Waals surface area contributed by atoms with Gasteiger partial charge in [-0.05, 0) is 23.8 Å². The van der Waals surface area contributed by atoms with Gasteiger partial charge in [-0.2, -0.15) is 5.26 Å². The van der Waals surface area contributed by atoms with Crippen molar-refractivity contribution in [2.75, 3.05) is 19.1 Å². The van der Waals surface area contributed by atoms with Crippen LogP contribution in [-0.2, 0) is 19.1 Å². The largest absolute Gasteiger partial charge is 0.466 e. The number of nitrogens with one attached hydrogen (secondary N) is 1. The summed E-state index contributed by atoms with van der Waals surface area (Å²) in [6, 6.07) is 14.9. The lowest BCUT2D eigenvalue weighted by Gasteiger charge is -2.36. The molecule has 1 atom stereocenters. The van der Waals surface area contributed by atoms with Gasteiger partial charge in [0.15, 0.2) is 0 Å². The predicted octanol–water partition coefficient (Wildman–Crippen LogP) is 3.20.